The lowest BCUT2D eigenvalue weighted by atomic mass is 10.1. The smallest absolute Gasteiger partial charge is 0.0235 e. The summed E-state index contributed by atoms with van der Waals surface area (Å²) >= 11 is 0. The third-order valence-corrected chi connectivity index (χ3v) is 5.53. The van der Waals surface area contributed by atoms with E-state index in [4.69, 9.17) is 0 Å². The molecule has 3 aliphatic rings. The molecule has 0 spiro atoms. The summed E-state index contributed by atoms with van der Waals surface area (Å²) in [6, 6.07) is 2.52. The molecule has 2 atom stereocenters. The Kier molecular flexibility index (Phi) is 5.36. The zero-order valence-corrected chi connectivity index (χ0v) is 13.3. The molecule has 0 aromatic carbocycles. The molecule has 1 saturated carbocycles. The van der Waals surface area contributed by atoms with E-state index in [1.807, 2.05) is 0 Å². The van der Waals surface area contributed by atoms with Gasteiger partial charge in [-0.25, -0.2) is 0 Å². The monoisotopic (exact) mass is 279 g/mol. The van der Waals surface area contributed by atoms with Crippen molar-refractivity contribution in [3.63, 3.8) is 0 Å². The van der Waals surface area contributed by atoms with Crippen molar-refractivity contribution in [2.45, 2.75) is 76.4 Å². The third-order valence-electron chi connectivity index (χ3n) is 5.53. The van der Waals surface area contributed by atoms with E-state index in [-0.39, 0.29) is 0 Å². The zero-order valence-electron chi connectivity index (χ0n) is 13.3. The van der Waals surface area contributed by atoms with Gasteiger partial charge in [0.25, 0.3) is 0 Å². The average molecular weight is 279 g/mol. The van der Waals surface area contributed by atoms with Gasteiger partial charge in [0.05, 0.1) is 0 Å². The number of nitrogens with zero attached hydrogens (tertiary/aromatic N) is 2. The van der Waals surface area contributed by atoms with Crippen LogP contribution in [-0.4, -0.2) is 60.6 Å². The molecule has 2 saturated heterocycles. The minimum Gasteiger partial charge on any atom is -0.314 e. The zero-order chi connectivity index (χ0) is 13.8. The van der Waals surface area contributed by atoms with E-state index in [2.05, 4.69) is 22.0 Å². The number of rotatable bonds is 7. The molecule has 1 N–H and O–H groups in total. The molecule has 0 aromatic heterocycles. The van der Waals surface area contributed by atoms with Gasteiger partial charge < -0.3 is 5.32 Å². The quantitative estimate of drug-likeness (QED) is 0.722. The molecule has 1 aliphatic carbocycles. The lowest BCUT2D eigenvalue weighted by Crippen LogP contribution is -2.42. The number of piperidine rings is 1. The van der Waals surface area contributed by atoms with Gasteiger partial charge in [-0.15, -0.1) is 0 Å². The Morgan fingerprint density at radius 2 is 1.85 bits per heavy atom. The van der Waals surface area contributed by atoms with Crippen LogP contribution < -0.4 is 5.32 Å². The number of hydrogen-bond donors (Lipinski definition) is 1. The van der Waals surface area contributed by atoms with Gasteiger partial charge in [0.2, 0.25) is 0 Å². The Bertz CT molecular complexity index is 284. The minimum atomic E-state index is 0.783. The van der Waals surface area contributed by atoms with Crippen LogP contribution in [0.15, 0.2) is 0 Å². The lowest BCUT2D eigenvalue weighted by molar-refractivity contribution is 0.152. The van der Waals surface area contributed by atoms with Crippen molar-refractivity contribution < 1.29 is 0 Å². The van der Waals surface area contributed by atoms with Crippen LogP contribution in [0.1, 0.15) is 58.3 Å². The molecular weight excluding hydrogens is 246 g/mol. The Labute approximate surface area is 125 Å². The van der Waals surface area contributed by atoms with Crippen LogP contribution in [0.25, 0.3) is 0 Å². The van der Waals surface area contributed by atoms with Gasteiger partial charge in [0.1, 0.15) is 0 Å². The van der Waals surface area contributed by atoms with E-state index in [1.165, 1.54) is 84.1 Å². The van der Waals surface area contributed by atoms with Gasteiger partial charge in [-0.2, -0.15) is 0 Å². The van der Waals surface area contributed by atoms with Crippen LogP contribution in [0.2, 0.25) is 0 Å². The van der Waals surface area contributed by atoms with E-state index in [1.54, 1.807) is 0 Å². The summed E-state index contributed by atoms with van der Waals surface area (Å²) in [5.74, 6) is 0. The highest BCUT2D eigenvalue weighted by Gasteiger charge is 2.30. The molecule has 2 heterocycles. The van der Waals surface area contributed by atoms with Crippen LogP contribution >= 0.6 is 0 Å². The molecule has 3 fully saturated rings. The molecular formula is C17H33N3. The normalized spacial score (nSPS) is 30.8. The highest BCUT2D eigenvalue weighted by atomic mass is 15.3. The first-order valence-electron chi connectivity index (χ1n) is 9.04. The second-order valence-corrected chi connectivity index (χ2v) is 7.25. The first kappa shape index (κ1) is 14.8. The lowest BCUT2D eigenvalue weighted by Gasteiger charge is -2.33. The van der Waals surface area contributed by atoms with Crippen molar-refractivity contribution in [1.29, 1.82) is 0 Å². The topological polar surface area (TPSA) is 18.5 Å². The molecule has 0 aromatic rings. The van der Waals surface area contributed by atoms with E-state index < -0.39 is 0 Å². The molecule has 2 unspecified atom stereocenters. The van der Waals surface area contributed by atoms with Crippen molar-refractivity contribution in [1.82, 2.24) is 15.1 Å². The van der Waals surface area contributed by atoms with Crippen molar-refractivity contribution in [3.05, 3.63) is 0 Å². The van der Waals surface area contributed by atoms with Gasteiger partial charge in [-0.1, -0.05) is 6.42 Å². The van der Waals surface area contributed by atoms with E-state index in [0.29, 0.717) is 0 Å². The Morgan fingerprint density at radius 1 is 1.05 bits per heavy atom. The van der Waals surface area contributed by atoms with Gasteiger partial charge in [0, 0.05) is 31.2 Å². The van der Waals surface area contributed by atoms with Gasteiger partial charge in [-0.05, 0) is 71.5 Å². The number of nitrogens with one attached hydrogen (secondary N) is 1. The van der Waals surface area contributed by atoms with Crippen LogP contribution in [0.3, 0.4) is 0 Å². The maximum absolute atomic E-state index is 3.64. The summed E-state index contributed by atoms with van der Waals surface area (Å²) in [7, 11) is 0. The average Bonchev–Trinajstić information content (AvgIpc) is 3.18. The van der Waals surface area contributed by atoms with Crippen LogP contribution in [0.4, 0.5) is 0 Å². The standard InChI is InChI=1S/C17H33N3/c1-15(6-5-10-18-16-7-8-16)20-13-9-17(14-20)19-11-3-2-4-12-19/h15-18H,2-14H2,1H3. The van der Waals surface area contributed by atoms with Crippen molar-refractivity contribution in [2.75, 3.05) is 32.7 Å². The Balaban J connectivity index is 1.32. The highest BCUT2D eigenvalue weighted by molar-refractivity contribution is 4.87. The minimum absolute atomic E-state index is 0.783. The molecule has 0 amide bonds. The maximum atomic E-state index is 3.64. The highest BCUT2D eigenvalue weighted by Crippen LogP contribution is 2.23. The van der Waals surface area contributed by atoms with Crippen LogP contribution in [0.5, 0.6) is 0 Å². The molecule has 0 bridgehead atoms. The Hall–Kier alpha value is -0.120. The third kappa shape index (κ3) is 4.19. The fourth-order valence-electron chi connectivity index (χ4n) is 3.92. The van der Waals surface area contributed by atoms with Crippen molar-refractivity contribution >= 4 is 0 Å². The van der Waals surface area contributed by atoms with Gasteiger partial charge in [0.15, 0.2) is 0 Å². The van der Waals surface area contributed by atoms with E-state index >= 15 is 0 Å². The van der Waals surface area contributed by atoms with Crippen LogP contribution in [0, 0.1) is 0 Å². The molecule has 116 valence electrons. The molecule has 3 rings (SSSR count). The largest absolute Gasteiger partial charge is 0.314 e. The first-order valence-corrected chi connectivity index (χ1v) is 9.04. The molecule has 3 heteroatoms. The molecule has 3 nitrogen and oxygen atoms in total. The SMILES string of the molecule is CC(CCCNC1CC1)N1CCC(N2CCCCC2)C1. The fourth-order valence-corrected chi connectivity index (χ4v) is 3.92. The predicted molar refractivity (Wildman–Crippen MR) is 85.1 cm³/mol. The molecule has 20 heavy (non-hydrogen) atoms. The van der Waals surface area contributed by atoms with Gasteiger partial charge >= 0.3 is 0 Å². The second kappa shape index (κ2) is 7.24. The second-order valence-electron chi connectivity index (χ2n) is 7.25. The van der Waals surface area contributed by atoms with E-state index in [9.17, 15) is 0 Å². The van der Waals surface area contributed by atoms with Crippen molar-refractivity contribution in [2.24, 2.45) is 0 Å². The maximum Gasteiger partial charge on any atom is 0.0235 e. The van der Waals surface area contributed by atoms with Gasteiger partial charge in [-0.3, -0.25) is 9.80 Å². The van der Waals surface area contributed by atoms with E-state index in [0.717, 1.165) is 18.1 Å². The predicted octanol–water partition coefficient (Wildman–Crippen LogP) is 2.47. The van der Waals surface area contributed by atoms with Crippen LogP contribution in [-0.2, 0) is 0 Å². The number of hydrogen-bond acceptors (Lipinski definition) is 3. The summed E-state index contributed by atoms with van der Waals surface area (Å²) in [4.78, 5) is 5.52. The summed E-state index contributed by atoms with van der Waals surface area (Å²) in [6.45, 7) is 9.06. The molecule has 0 radical (unpaired) electrons. The number of likely N-dealkylation sites (tertiary alicyclic amines) is 2. The van der Waals surface area contributed by atoms with Crippen molar-refractivity contribution in [3.8, 4) is 0 Å². The Morgan fingerprint density at radius 3 is 2.60 bits per heavy atom. The fraction of sp³-hybridized carbons (Fsp3) is 1.00. The summed E-state index contributed by atoms with van der Waals surface area (Å²) in [5, 5.41) is 3.64. The molecule has 2 aliphatic heterocycles. The summed E-state index contributed by atoms with van der Waals surface area (Å²) in [5.41, 5.74) is 0. The first-order chi connectivity index (χ1) is 9.83. The summed E-state index contributed by atoms with van der Waals surface area (Å²) < 4.78 is 0. The summed E-state index contributed by atoms with van der Waals surface area (Å²) in [6.07, 6.45) is 11.3.